The van der Waals surface area contributed by atoms with Gasteiger partial charge in [-0.2, -0.15) is 10.2 Å². The fourth-order valence-corrected chi connectivity index (χ4v) is 4.12. The highest BCUT2D eigenvalue weighted by Gasteiger charge is 2.19. The molecule has 0 N–H and O–H groups in total. The maximum atomic E-state index is 11.0. The number of hydrogen-bond donors (Lipinski definition) is 0. The predicted molar refractivity (Wildman–Crippen MR) is 128 cm³/mol. The lowest BCUT2D eigenvalue weighted by Crippen LogP contribution is -2.03. The van der Waals surface area contributed by atoms with E-state index in [4.69, 9.17) is 6.57 Å². The van der Waals surface area contributed by atoms with Crippen LogP contribution in [-0.2, 0) is 16.1 Å². The Morgan fingerprint density at radius 2 is 1.48 bits per heavy atom. The Kier molecular flexibility index (Phi) is 11.9. The molecule has 0 saturated heterocycles. The molecule has 0 radical (unpaired) electrons. The van der Waals surface area contributed by atoms with Gasteiger partial charge in [-0.25, -0.2) is 0 Å². The number of nitriles is 1. The Bertz CT molecular complexity index is 970. The number of rotatable bonds is 16. The molecule has 8 heteroatoms. The van der Waals surface area contributed by atoms with Crippen LogP contribution in [0.25, 0.3) is 16.0 Å². The quantitative estimate of drug-likeness (QED) is 0.171. The molecule has 178 valence electrons. The van der Waals surface area contributed by atoms with Crippen LogP contribution < -0.4 is 0 Å². The molecule has 0 unspecified atom stereocenters. The molecule has 33 heavy (non-hydrogen) atoms. The molecule has 0 aliphatic rings. The number of fused-ring (bicyclic) bond motifs is 1. The molecule has 0 bridgehead atoms. The van der Waals surface area contributed by atoms with E-state index in [1.54, 1.807) is 0 Å². The summed E-state index contributed by atoms with van der Waals surface area (Å²) in [6.07, 6.45) is 16.3. The lowest BCUT2D eigenvalue weighted by Gasteiger charge is -2.07. The Morgan fingerprint density at radius 3 is 2.00 bits per heavy atom. The third kappa shape index (κ3) is 8.81. The van der Waals surface area contributed by atoms with Gasteiger partial charge < -0.3 is 14.1 Å². The predicted octanol–water partition coefficient (Wildman–Crippen LogP) is 6.19. The summed E-state index contributed by atoms with van der Waals surface area (Å²) < 4.78 is 6.66. The van der Waals surface area contributed by atoms with E-state index < -0.39 is 0 Å². The second kappa shape index (κ2) is 14.9. The fraction of sp³-hybridized carbons (Fsp3) is 0.680. The summed E-state index contributed by atoms with van der Waals surface area (Å²) in [4.78, 5) is 26.9. The molecule has 0 saturated carbocycles. The van der Waals surface area contributed by atoms with Crippen molar-refractivity contribution >= 4 is 23.1 Å². The van der Waals surface area contributed by atoms with E-state index in [-0.39, 0.29) is 17.6 Å². The number of carbonyl (C=O) groups is 1. The molecule has 0 aliphatic heterocycles. The number of ether oxygens (including phenoxy) is 1. The molecule has 2 rings (SSSR count). The van der Waals surface area contributed by atoms with E-state index >= 15 is 0 Å². The fourth-order valence-electron chi connectivity index (χ4n) is 4.12. The second-order valence-electron chi connectivity index (χ2n) is 8.50. The first-order valence-electron chi connectivity index (χ1n) is 12.2. The van der Waals surface area contributed by atoms with Gasteiger partial charge in [-0.15, -0.1) is 16.5 Å². The van der Waals surface area contributed by atoms with Gasteiger partial charge in [-0.1, -0.05) is 70.6 Å². The first-order chi connectivity index (χ1) is 16.1. The minimum absolute atomic E-state index is 0.0284. The van der Waals surface area contributed by atoms with Gasteiger partial charge in [0.1, 0.15) is 11.9 Å². The number of carbonyl (C=O) groups excluding carboxylic acids is 1. The van der Waals surface area contributed by atoms with Crippen molar-refractivity contribution in [2.45, 2.75) is 103 Å². The van der Waals surface area contributed by atoms with Gasteiger partial charge in [0.15, 0.2) is 5.52 Å². The zero-order valence-corrected chi connectivity index (χ0v) is 20.1. The van der Waals surface area contributed by atoms with Gasteiger partial charge in [0.2, 0.25) is 11.3 Å². The third-order valence-electron chi connectivity index (χ3n) is 5.98. The van der Waals surface area contributed by atoms with Crippen molar-refractivity contribution in [3.8, 4) is 6.07 Å². The van der Waals surface area contributed by atoms with Crippen molar-refractivity contribution in [2.75, 3.05) is 7.11 Å². The van der Waals surface area contributed by atoms with Crippen molar-refractivity contribution in [3.63, 3.8) is 0 Å². The molecule has 0 aliphatic carbocycles. The number of hydrogen-bond acceptors (Lipinski definition) is 6. The largest absolute Gasteiger partial charge is 0.469 e. The number of esters is 1. The monoisotopic (exact) mass is 452 g/mol. The maximum absolute atomic E-state index is 11.0. The molecular formula is C25H36N6O2. The normalized spacial score (nSPS) is 10.8. The summed E-state index contributed by atoms with van der Waals surface area (Å²) >= 11 is 0. The van der Waals surface area contributed by atoms with Gasteiger partial charge in [0, 0.05) is 13.0 Å². The highest BCUT2D eigenvalue weighted by atomic mass is 16.5. The van der Waals surface area contributed by atoms with Gasteiger partial charge >= 0.3 is 11.9 Å². The van der Waals surface area contributed by atoms with Crippen LogP contribution in [0.15, 0.2) is 0 Å². The summed E-state index contributed by atoms with van der Waals surface area (Å²) in [7, 11) is 1.45. The summed E-state index contributed by atoms with van der Waals surface area (Å²) in [6.45, 7) is 9.78. The summed E-state index contributed by atoms with van der Waals surface area (Å²) in [5.41, 5.74) is 1.31. The third-order valence-corrected chi connectivity index (χ3v) is 5.98. The minimum atomic E-state index is -0.0980. The van der Waals surface area contributed by atoms with Crippen molar-refractivity contribution < 1.29 is 9.53 Å². The van der Waals surface area contributed by atoms with Crippen LogP contribution in [0.2, 0.25) is 0 Å². The molecule has 0 atom stereocenters. The molecule has 2 aromatic heterocycles. The van der Waals surface area contributed by atoms with Crippen LogP contribution in [0.5, 0.6) is 0 Å². The molecule has 0 aromatic carbocycles. The Morgan fingerprint density at radius 1 is 0.939 bits per heavy atom. The Hall–Kier alpha value is -3.00. The molecule has 8 nitrogen and oxygen atoms in total. The van der Waals surface area contributed by atoms with Gasteiger partial charge in [-0.3, -0.25) is 4.79 Å². The molecule has 2 heterocycles. The number of aromatic nitrogens is 4. The minimum Gasteiger partial charge on any atom is -0.469 e. The lowest BCUT2D eigenvalue weighted by molar-refractivity contribution is -0.140. The zero-order valence-electron chi connectivity index (χ0n) is 20.1. The smallest absolute Gasteiger partial charge is 0.374 e. The standard InChI is InChI=1S/C25H36N6O2/c1-20-28-24-23(21(19-26)29-25(27-2)30-24)31(20)18-16-14-12-10-8-6-4-5-7-9-11-13-15-17-22(32)33-3/h4-18H2,1,3H3. The van der Waals surface area contributed by atoms with Gasteiger partial charge in [0.25, 0.3) is 0 Å². The SMILES string of the molecule is [C-]#[N+]c1nc(C#N)c2c(n1)nc(C)n2CCCCCCCCCCCCCCCC(=O)OC. The van der Waals surface area contributed by atoms with E-state index in [0.717, 1.165) is 38.1 Å². The first-order valence-corrected chi connectivity index (χ1v) is 12.2. The van der Waals surface area contributed by atoms with Crippen LogP contribution in [-0.4, -0.2) is 32.6 Å². The highest BCUT2D eigenvalue weighted by Crippen LogP contribution is 2.21. The van der Waals surface area contributed by atoms with Crippen molar-refractivity contribution in [1.82, 2.24) is 19.5 Å². The number of imidazole rings is 1. The van der Waals surface area contributed by atoms with E-state index in [1.807, 2.05) is 11.5 Å². The summed E-state index contributed by atoms with van der Waals surface area (Å²) in [6, 6.07) is 2.08. The van der Waals surface area contributed by atoms with Crippen molar-refractivity contribution in [3.05, 3.63) is 22.9 Å². The first kappa shape index (κ1) is 26.3. The highest BCUT2D eigenvalue weighted by molar-refractivity contribution is 5.78. The molecule has 0 fully saturated rings. The van der Waals surface area contributed by atoms with Crippen LogP contribution in [0.1, 0.15) is 101 Å². The van der Waals surface area contributed by atoms with Gasteiger partial charge in [-0.05, 0) is 19.8 Å². The average molecular weight is 453 g/mol. The van der Waals surface area contributed by atoms with E-state index in [2.05, 4.69) is 30.6 Å². The molecule has 0 amide bonds. The van der Waals surface area contributed by atoms with E-state index in [9.17, 15) is 10.1 Å². The van der Waals surface area contributed by atoms with E-state index in [0.29, 0.717) is 17.6 Å². The van der Waals surface area contributed by atoms with Crippen LogP contribution >= 0.6 is 0 Å². The topological polar surface area (TPSA) is 98.0 Å². The molecular weight excluding hydrogens is 416 g/mol. The molecule has 2 aromatic rings. The van der Waals surface area contributed by atoms with Crippen LogP contribution in [0.3, 0.4) is 0 Å². The van der Waals surface area contributed by atoms with Crippen molar-refractivity contribution in [1.29, 1.82) is 5.26 Å². The number of nitrogens with zero attached hydrogens (tertiary/aromatic N) is 6. The van der Waals surface area contributed by atoms with Crippen LogP contribution in [0.4, 0.5) is 5.95 Å². The maximum Gasteiger partial charge on any atom is 0.374 e. The zero-order chi connectivity index (χ0) is 23.9. The van der Waals surface area contributed by atoms with E-state index in [1.165, 1.54) is 64.9 Å². The average Bonchev–Trinajstić information content (AvgIpc) is 3.15. The number of aryl methyl sites for hydroxylation is 2. The summed E-state index contributed by atoms with van der Waals surface area (Å²) in [5, 5.41) is 9.41. The number of unbranched alkanes of at least 4 members (excludes halogenated alkanes) is 12. The number of methoxy groups -OCH3 is 1. The Labute approximate surface area is 197 Å². The van der Waals surface area contributed by atoms with Crippen molar-refractivity contribution in [2.24, 2.45) is 0 Å². The second-order valence-corrected chi connectivity index (χ2v) is 8.50. The Balaban J connectivity index is 1.53. The van der Waals surface area contributed by atoms with Gasteiger partial charge in [0.05, 0.1) is 7.11 Å². The summed E-state index contributed by atoms with van der Waals surface area (Å²) in [5.74, 6) is 0.680. The lowest BCUT2D eigenvalue weighted by atomic mass is 10.0. The van der Waals surface area contributed by atoms with Crippen LogP contribution in [0, 0.1) is 24.8 Å². The molecule has 0 spiro atoms.